The molecule has 100 valence electrons. The Morgan fingerprint density at radius 2 is 2.16 bits per heavy atom. The fourth-order valence-corrected chi connectivity index (χ4v) is 2.43. The summed E-state index contributed by atoms with van der Waals surface area (Å²) >= 11 is 0. The number of ether oxygens (including phenoxy) is 1. The molecule has 2 heterocycles. The first-order valence-electron chi connectivity index (χ1n) is 6.95. The molecule has 0 aliphatic carbocycles. The molecular weight excluding hydrogens is 238 g/mol. The monoisotopic (exact) mass is 257 g/mol. The molecule has 0 radical (unpaired) electrons. The van der Waals surface area contributed by atoms with Crippen LogP contribution >= 0.6 is 0 Å². The highest BCUT2D eigenvalue weighted by atomic mass is 16.5. The molecule has 4 nitrogen and oxygen atoms in total. The van der Waals surface area contributed by atoms with E-state index in [1.54, 1.807) is 0 Å². The van der Waals surface area contributed by atoms with E-state index in [9.17, 15) is 0 Å². The Bertz CT molecular complexity index is 538. The minimum absolute atomic E-state index is 0.454. The molecule has 1 aromatic heterocycles. The third-order valence-corrected chi connectivity index (χ3v) is 3.47. The van der Waals surface area contributed by atoms with Gasteiger partial charge in [0.15, 0.2) is 0 Å². The van der Waals surface area contributed by atoms with E-state index >= 15 is 0 Å². The predicted octanol–water partition coefficient (Wildman–Crippen LogP) is 2.29. The average Bonchev–Trinajstić information content (AvgIpc) is 2.97. The molecule has 0 bridgehead atoms. The van der Waals surface area contributed by atoms with E-state index in [-0.39, 0.29) is 0 Å². The van der Waals surface area contributed by atoms with Crippen molar-refractivity contribution in [3.05, 3.63) is 36.2 Å². The molecule has 2 aromatic rings. The van der Waals surface area contributed by atoms with Crippen LogP contribution in [0.2, 0.25) is 0 Å². The maximum absolute atomic E-state index is 5.59. The predicted molar refractivity (Wildman–Crippen MR) is 74.8 cm³/mol. The number of benzene rings is 1. The zero-order chi connectivity index (χ0) is 12.9. The number of nitrogens with one attached hydrogen (secondary N) is 1. The van der Waals surface area contributed by atoms with Crippen molar-refractivity contribution >= 4 is 11.0 Å². The molecule has 0 saturated carbocycles. The molecule has 1 aliphatic heterocycles. The van der Waals surface area contributed by atoms with Crippen LogP contribution in [0, 0.1) is 0 Å². The third-order valence-electron chi connectivity index (χ3n) is 3.47. The van der Waals surface area contributed by atoms with Gasteiger partial charge in [-0.3, -0.25) is 4.98 Å². The summed E-state index contributed by atoms with van der Waals surface area (Å²) in [6, 6.07) is 7.96. The van der Waals surface area contributed by atoms with Gasteiger partial charge in [0, 0.05) is 13.2 Å². The molecule has 1 atom stereocenters. The third kappa shape index (κ3) is 3.28. The number of nitrogens with zero attached hydrogens (tertiary/aromatic N) is 2. The minimum Gasteiger partial charge on any atom is -0.378 e. The molecule has 1 N–H and O–H groups in total. The number of fused-ring (bicyclic) bond motifs is 1. The Morgan fingerprint density at radius 1 is 1.26 bits per heavy atom. The van der Waals surface area contributed by atoms with Gasteiger partial charge in [-0.05, 0) is 37.9 Å². The second kappa shape index (κ2) is 6.08. The Balaban J connectivity index is 1.50. The van der Waals surface area contributed by atoms with Crippen molar-refractivity contribution in [3.63, 3.8) is 0 Å². The lowest BCUT2D eigenvalue weighted by atomic mass is 10.2. The molecule has 1 saturated heterocycles. The second-order valence-corrected chi connectivity index (χ2v) is 4.95. The fourth-order valence-electron chi connectivity index (χ4n) is 2.43. The van der Waals surface area contributed by atoms with Gasteiger partial charge in [-0.25, -0.2) is 4.98 Å². The summed E-state index contributed by atoms with van der Waals surface area (Å²) in [6.45, 7) is 2.67. The molecule has 1 aliphatic rings. The van der Waals surface area contributed by atoms with E-state index in [0.29, 0.717) is 6.10 Å². The number of para-hydroxylation sites is 2. The summed E-state index contributed by atoms with van der Waals surface area (Å²) in [4.78, 5) is 9.00. The Kier molecular flexibility index (Phi) is 4.01. The number of hydrogen-bond acceptors (Lipinski definition) is 4. The molecular formula is C15H19N3O. The summed E-state index contributed by atoms with van der Waals surface area (Å²) in [5, 5.41) is 3.41. The largest absolute Gasteiger partial charge is 0.378 e. The van der Waals surface area contributed by atoms with Gasteiger partial charge in [-0.2, -0.15) is 0 Å². The lowest BCUT2D eigenvalue weighted by Crippen LogP contribution is -2.20. The van der Waals surface area contributed by atoms with Gasteiger partial charge >= 0.3 is 0 Å². The van der Waals surface area contributed by atoms with Gasteiger partial charge in [-0.15, -0.1) is 0 Å². The summed E-state index contributed by atoms with van der Waals surface area (Å²) in [5.41, 5.74) is 2.90. The van der Waals surface area contributed by atoms with E-state index in [4.69, 9.17) is 4.74 Å². The zero-order valence-corrected chi connectivity index (χ0v) is 11.0. The topological polar surface area (TPSA) is 47.0 Å². The second-order valence-electron chi connectivity index (χ2n) is 4.95. The maximum Gasteiger partial charge on any atom is 0.0890 e. The first-order valence-corrected chi connectivity index (χ1v) is 6.95. The van der Waals surface area contributed by atoms with Crippen LogP contribution in [0.15, 0.2) is 30.5 Å². The Hall–Kier alpha value is -1.52. The molecule has 1 fully saturated rings. The SMILES string of the molecule is c1ccc2nc(CNCCC3CCCO3)cnc2c1. The lowest BCUT2D eigenvalue weighted by molar-refractivity contribution is 0.104. The number of aromatic nitrogens is 2. The Labute approximate surface area is 113 Å². The van der Waals surface area contributed by atoms with Crippen molar-refractivity contribution in [3.8, 4) is 0 Å². The van der Waals surface area contributed by atoms with Gasteiger partial charge in [0.2, 0.25) is 0 Å². The first-order chi connectivity index (χ1) is 9.42. The van der Waals surface area contributed by atoms with E-state index in [2.05, 4.69) is 15.3 Å². The summed E-state index contributed by atoms with van der Waals surface area (Å²) in [6.07, 6.45) is 5.80. The van der Waals surface area contributed by atoms with Crippen LogP contribution in [0.1, 0.15) is 25.0 Å². The van der Waals surface area contributed by atoms with Crippen LogP contribution in [0.3, 0.4) is 0 Å². The molecule has 4 heteroatoms. The van der Waals surface area contributed by atoms with Crippen molar-refractivity contribution in [2.75, 3.05) is 13.2 Å². The average molecular weight is 257 g/mol. The molecule has 1 unspecified atom stereocenters. The van der Waals surface area contributed by atoms with Crippen molar-refractivity contribution in [1.82, 2.24) is 15.3 Å². The van der Waals surface area contributed by atoms with Gasteiger partial charge in [0.1, 0.15) is 0 Å². The van der Waals surface area contributed by atoms with Crippen molar-refractivity contribution < 1.29 is 4.74 Å². The highest BCUT2D eigenvalue weighted by molar-refractivity contribution is 5.73. The van der Waals surface area contributed by atoms with E-state index in [0.717, 1.165) is 42.8 Å². The van der Waals surface area contributed by atoms with Crippen molar-refractivity contribution in [2.24, 2.45) is 0 Å². The highest BCUT2D eigenvalue weighted by Crippen LogP contribution is 2.14. The van der Waals surface area contributed by atoms with Crippen LogP contribution in [0.25, 0.3) is 11.0 Å². The Morgan fingerprint density at radius 3 is 3.00 bits per heavy atom. The molecule has 3 rings (SSSR count). The van der Waals surface area contributed by atoms with E-state index < -0.39 is 0 Å². The summed E-state index contributed by atoms with van der Waals surface area (Å²) in [7, 11) is 0. The van der Waals surface area contributed by atoms with Crippen molar-refractivity contribution in [2.45, 2.75) is 31.9 Å². The molecule has 0 spiro atoms. The van der Waals surface area contributed by atoms with Gasteiger partial charge in [0.25, 0.3) is 0 Å². The standard InChI is InChI=1S/C15H19N3O/c1-2-6-15-14(5-1)17-11-12(18-15)10-16-8-7-13-4-3-9-19-13/h1-2,5-6,11,13,16H,3-4,7-10H2. The van der Waals surface area contributed by atoms with E-state index in [1.807, 2.05) is 30.5 Å². The normalized spacial score (nSPS) is 19.1. The number of hydrogen-bond donors (Lipinski definition) is 1. The van der Waals surface area contributed by atoms with Crippen LogP contribution in [0.4, 0.5) is 0 Å². The van der Waals surface area contributed by atoms with Crippen LogP contribution in [0.5, 0.6) is 0 Å². The first kappa shape index (κ1) is 12.5. The van der Waals surface area contributed by atoms with Crippen LogP contribution in [-0.4, -0.2) is 29.2 Å². The molecule has 19 heavy (non-hydrogen) atoms. The maximum atomic E-state index is 5.59. The molecule has 0 amide bonds. The van der Waals surface area contributed by atoms with Gasteiger partial charge in [0.05, 0.1) is 29.0 Å². The van der Waals surface area contributed by atoms with Gasteiger partial charge in [-0.1, -0.05) is 12.1 Å². The van der Waals surface area contributed by atoms with E-state index in [1.165, 1.54) is 12.8 Å². The fraction of sp³-hybridized carbons (Fsp3) is 0.467. The summed E-state index contributed by atoms with van der Waals surface area (Å²) in [5.74, 6) is 0. The van der Waals surface area contributed by atoms with Crippen LogP contribution < -0.4 is 5.32 Å². The minimum atomic E-state index is 0.454. The van der Waals surface area contributed by atoms with Crippen LogP contribution in [-0.2, 0) is 11.3 Å². The molecule has 1 aromatic carbocycles. The smallest absolute Gasteiger partial charge is 0.0890 e. The summed E-state index contributed by atoms with van der Waals surface area (Å²) < 4.78 is 5.59. The zero-order valence-electron chi connectivity index (χ0n) is 11.0. The lowest BCUT2D eigenvalue weighted by Gasteiger charge is -2.09. The number of rotatable bonds is 5. The quantitative estimate of drug-likeness (QED) is 0.835. The van der Waals surface area contributed by atoms with Gasteiger partial charge < -0.3 is 10.1 Å². The highest BCUT2D eigenvalue weighted by Gasteiger charge is 2.14. The van der Waals surface area contributed by atoms with Crippen molar-refractivity contribution in [1.29, 1.82) is 0 Å².